The second kappa shape index (κ2) is 6.68. The summed E-state index contributed by atoms with van der Waals surface area (Å²) >= 11 is 1.22. The number of aryl methyl sites for hydroxylation is 1. The Balaban J connectivity index is 1.93. The summed E-state index contributed by atoms with van der Waals surface area (Å²) in [5.74, 6) is -1.51. The van der Waals surface area contributed by atoms with E-state index in [1.165, 1.54) is 18.4 Å². The summed E-state index contributed by atoms with van der Waals surface area (Å²) in [5, 5.41) is 4.61. The van der Waals surface area contributed by atoms with Crippen LogP contribution in [0.5, 0.6) is 0 Å². The topological polar surface area (TPSA) is 75.7 Å². The van der Waals surface area contributed by atoms with Gasteiger partial charge in [-0.1, -0.05) is 18.2 Å². The van der Waals surface area contributed by atoms with Crippen molar-refractivity contribution in [1.29, 1.82) is 0 Å². The number of nitrogens with zero attached hydrogens (tertiary/aromatic N) is 1. The lowest BCUT2D eigenvalue weighted by Gasteiger charge is -2.30. The van der Waals surface area contributed by atoms with E-state index in [1.54, 1.807) is 17.3 Å². The van der Waals surface area contributed by atoms with Crippen LogP contribution in [0.25, 0.3) is 0 Å². The number of methoxy groups -OCH3 is 1. The largest absolute Gasteiger partial charge is 0.465 e. The number of ether oxygens (including phenoxy) is 1. The van der Waals surface area contributed by atoms with E-state index in [9.17, 15) is 14.4 Å². The van der Waals surface area contributed by atoms with Crippen LogP contribution in [0.2, 0.25) is 0 Å². The molecule has 0 saturated carbocycles. The number of nitrogens with one attached hydrogen (secondary N) is 1. The van der Waals surface area contributed by atoms with Crippen LogP contribution in [0.3, 0.4) is 0 Å². The van der Waals surface area contributed by atoms with Crippen molar-refractivity contribution in [3.63, 3.8) is 0 Å². The van der Waals surface area contributed by atoms with Crippen LogP contribution >= 0.6 is 11.3 Å². The molecular weight excluding hydrogens is 340 g/mol. The van der Waals surface area contributed by atoms with Crippen LogP contribution < -0.4 is 10.2 Å². The second-order valence-corrected chi connectivity index (χ2v) is 6.75. The van der Waals surface area contributed by atoms with Crippen molar-refractivity contribution in [3.05, 3.63) is 45.6 Å². The predicted molar refractivity (Wildman–Crippen MR) is 96.2 cm³/mol. The third-order valence-corrected chi connectivity index (χ3v) is 5.41. The molecule has 2 amide bonds. The molecule has 1 N–H and O–H groups in total. The summed E-state index contributed by atoms with van der Waals surface area (Å²) in [6.45, 7) is 1.81. The predicted octanol–water partition coefficient (Wildman–Crippen LogP) is 2.93. The average molecular weight is 358 g/mol. The van der Waals surface area contributed by atoms with E-state index >= 15 is 0 Å². The fourth-order valence-corrected chi connectivity index (χ4v) is 3.85. The molecule has 1 aliphatic rings. The van der Waals surface area contributed by atoms with Crippen LogP contribution in [0.15, 0.2) is 29.6 Å². The van der Waals surface area contributed by atoms with Crippen molar-refractivity contribution in [2.24, 2.45) is 0 Å². The maximum absolute atomic E-state index is 12.9. The fraction of sp³-hybridized carbons (Fsp3) is 0.278. The number of hydrogen-bond acceptors (Lipinski definition) is 5. The minimum Gasteiger partial charge on any atom is -0.465 e. The van der Waals surface area contributed by atoms with Gasteiger partial charge in [-0.05, 0) is 29.5 Å². The molecule has 3 rings (SSSR count). The highest BCUT2D eigenvalue weighted by Crippen LogP contribution is 2.37. The van der Waals surface area contributed by atoms with Gasteiger partial charge in [0.2, 0.25) is 11.8 Å². The molecule has 7 heteroatoms. The quantitative estimate of drug-likeness (QED) is 0.856. The summed E-state index contributed by atoms with van der Waals surface area (Å²) in [7, 11) is 3.00. The highest BCUT2D eigenvalue weighted by Gasteiger charge is 2.34. The SMILES string of the molecule is COC(=O)c1scc(C)c1NC(=O)C1CC(=O)N(C)c2ccccc21. The molecule has 0 fully saturated rings. The van der Waals surface area contributed by atoms with Crippen molar-refractivity contribution in [3.8, 4) is 0 Å². The molecule has 0 radical (unpaired) electrons. The van der Waals surface area contributed by atoms with Gasteiger partial charge in [0, 0.05) is 19.2 Å². The molecule has 6 nitrogen and oxygen atoms in total. The van der Waals surface area contributed by atoms with E-state index in [0.29, 0.717) is 10.6 Å². The number of anilines is 2. The van der Waals surface area contributed by atoms with Gasteiger partial charge in [0.25, 0.3) is 0 Å². The minimum atomic E-state index is -0.593. The molecule has 1 atom stereocenters. The van der Waals surface area contributed by atoms with E-state index in [1.807, 2.05) is 31.2 Å². The maximum Gasteiger partial charge on any atom is 0.350 e. The summed E-state index contributed by atoms with van der Waals surface area (Å²) in [5.41, 5.74) is 2.76. The second-order valence-electron chi connectivity index (χ2n) is 5.87. The van der Waals surface area contributed by atoms with Crippen LogP contribution in [0.4, 0.5) is 11.4 Å². The van der Waals surface area contributed by atoms with Gasteiger partial charge in [-0.25, -0.2) is 4.79 Å². The molecule has 2 heterocycles. The standard InChI is InChI=1S/C18H18N2O4S/c1-10-9-25-16(18(23)24-3)15(10)19-17(22)12-8-14(21)20(2)13-7-5-4-6-11(12)13/h4-7,9,12H,8H2,1-3H3,(H,19,22). The Morgan fingerprint density at radius 1 is 1.32 bits per heavy atom. The van der Waals surface area contributed by atoms with Crippen LogP contribution in [-0.4, -0.2) is 31.9 Å². The summed E-state index contributed by atoms with van der Waals surface area (Å²) in [6.07, 6.45) is 0.0933. The van der Waals surface area contributed by atoms with E-state index in [-0.39, 0.29) is 18.2 Å². The van der Waals surface area contributed by atoms with Crippen LogP contribution in [0.1, 0.15) is 33.1 Å². The van der Waals surface area contributed by atoms with Gasteiger partial charge in [-0.2, -0.15) is 0 Å². The molecule has 1 aliphatic heterocycles. The van der Waals surface area contributed by atoms with Crippen molar-refractivity contribution in [1.82, 2.24) is 0 Å². The summed E-state index contributed by atoms with van der Waals surface area (Å²) < 4.78 is 4.76. The summed E-state index contributed by atoms with van der Waals surface area (Å²) in [6, 6.07) is 7.35. The van der Waals surface area contributed by atoms with E-state index < -0.39 is 11.9 Å². The molecule has 0 saturated heterocycles. The van der Waals surface area contributed by atoms with Gasteiger partial charge >= 0.3 is 5.97 Å². The molecule has 130 valence electrons. The Hall–Kier alpha value is -2.67. The molecule has 0 bridgehead atoms. The molecule has 2 aromatic rings. The smallest absolute Gasteiger partial charge is 0.350 e. The first-order valence-electron chi connectivity index (χ1n) is 7.76. The van der Waals surface area contributed by atoms with Gasteiger partial charge in [0.15, 0.2) is 0 Å². The average Bonchev–Trinajstić information content (AvgIpc) is 2.98. The first-order chi connectivity index (χ1) is 11.9. The monoisotopic (exact) mass is 358 g/mol. The molecule has 1 aromatic heterocycles. The van der Waals surface area contributed by atoms with E-state index in [0.717, 1.165) is 16.8 Å². The number of benzene rings is 1. The lowest BCUT2D eigenvalue weighted by molar-refractivity contribution is -0.124. The van der Waals surface area contributed by atoms with Gasteiger partial charge in [-0.15, -0.1) is 11.3 Å². The number of fused-ring (bicyclic) bond motifs is 1. The zero-order valence-corrected chi connectivity index (χ0v) is 15.0. The number of carbonyl (C=O) groups excluding carboxylic acids is 3. The van der Waals surface area contributed by atoms with Crippen LogP contribution in [0, 0.1) is 6.92 Å². The van der Waals surface area contributed by atoms with Gasteiger partial charge < -0.3 is 15.0 Å². The van der Waals surface area contributed by atoms with Gasteiger partial charge in [0.1, 0.15) is 4.88 Å². The highest BCUT2D eigenvalue weighted by atomic mass is 32.1. The number of para-hydroxylation sites is 1. The van der Waals surface area contributed by atoms with Crippen molar-refractivity contribution < 1.29 is 19.1 Å². The third-order valence-electron chi connectivity index (χ3n) is 4.34. The number of thiophene rings is 1. The Morgan fingerprint density at radius 3 is 2.76 bits per heavy atom. The number of carbonyl (C=O) groups is 3. The van der Waals surface area contributed by atoms with Crippen molar-refractivity contribution >= 4 is 40.5 Å². The Bertz CT molecular complexity index is 859. The molecule has 25 heavy (non-hydrogen) atoms. The third kappa shape index (κ3) is 3.02. The zero-order chi connectivity index (χ0) is 18.1. The van der Waals surface area contributed by atoms with Gasteiger partial charge in [-0.3, -0.25) is 9.59 Å². The number of esters is 1. The minimum absolute atomic E-state index is 0.0933. The first kappa shape index (κ1) is 17.2. The zero-order valence-electron chi connectivity index (χ0n) is 14.2. The molecule has 0 aliphatic carbocycles. The number of hydrogen-bond donors (Lipinski definition) is 1. The lowest BCUT2D eigenvalue weighted by atomic mass is 9.89. The van der Waals surface area contributed by atoms with Crippen molar-refractivity contribution in [2.75, 3.05) is 24.4 Å². The number of amides is 2. The molecule has 1 aromatic carbocycles. The Kier molecular flexibility index (Phi) is 4.59. The van der Waals surface area contributed by atoms with Crippen LogP contribution in [-0.2, 0) is 14.3 Å². The first-order valence-corrected chi connectivity index (χ1v) is 8.64. The van der Waals surface area contributed by atoms with Gasteiger partial charge in [0.05, 0.1) is 18.7 Å². The normalized spacial score (nSPS) is 16.4. The van der Waals surface area contributed by atoms with E-state index in [2.05, 4.69) is 5.32 Å². The number of rotatable bonds is 3. The molecular formula is C18H18N2O4S. The van der Waals surface area contributed by atoms with E-state index in [4.69, 9.17) is 4.74 Å². The molecule has 0 spiro atoms. The molecule has 1 unspecified atom stereocenters. The highest BCUT2D eigenvalue weighted by molar-refractivity contribution is 7.12. The lowest BCUT2D eigenvalue weighted by Crippen LogP contribution is -2.37. The van der Waals surface area contributed by atoms with Crippen molar-refractivity contribution in [2.45, 2.75) is 19.3 Å². The maximum atomic E-state index is 12.9. The Morgan fingerprint density at radius 2 is 2.04 bits per heavy atom. The Labute approximate surface area is 149 Å². The summed E-state index contributed by atoms with van der Waals surface area (Å²) in [4.78, 5) is 38.9. The fourth-order valence-electron chi connectivity index (χ4n) is 2.93.